The fourth-order valence-electron chi connectivity index (χ4n) is 4.80. The summed E-state index contributed by atoms with van der Waals surface area (Å²) in [5.41, 5.74) is -1.55. The SMILES string of the molecule is O=C1N(C2CCCCC2)N=CC12CCC(NS(=O)(=O)c1ccc(C(F)(F)F)cc1)CC2. The number of sulfonamides is 1. The number of nitrogens with zero attached hydrogens (tertiary/aromatic N) is 2. The van der Waals surface area contributed by atoms with Crippen molar-refractivity contribution in [2.24, 2.45) is 10.5 Å². The fourth-order valence-corrected chi connectivity index (χ4v) is 6.10. The Labute approximate surface area is 179 Å². The molecule has 6 nitrogen and oxygen atoms in total. The van der Waals surface area contributed by atoms with Crippen molar-refractivity contribution >= 4 is 22.1 Å². The molecule has 2 saturated carbocycles. The van der Waals surface area contributed by atoms with Crippen LogP contribution in [0.5, 0.6) is 0 Å². The number of hydrogen-bond donors (Lipinski definition) is 1. The van der Waals surface area contributed by atoms with E-state index in [9.17, 15) is 26.4 Å². The highest BCUT2D eigenvalue weighted by Crippen LogP contribution is 2.42. The van der Waals surface area contributed by atoms with E-state index in [-0.39, 0.29) is 22.9 Å². The molecule has 0 radical (unpaired) electrons. The van der Waals surface area contributed by atoms with Gasteiger partial charge in [-0.3, -0.25) is 4.79 Å². The molecule has 0 bridgehead atoms. The molecule has 0 saturated heterocycles. The lowest BCUT2D eigenvalue weighted by Gasteiger charge is -2.36. The van der Waals surface area contributed by atoms with Gasteiger partial charge in [-0.2, -0.15) is 18.3 Å². The van der Waals surface area contributed by atoms with Gasteiger partial charge in [0.2, 0.25) is 10.0 Å². The fraction of sp³-hybridized carbons (Fsp3) is 0.619. The molecule has 1 amide bonds. The monoisotopic (exact) mass is 457 g/mol. The summed E-state index contributed by atoms with van der Waals surface area (Å²) in [6.07, 6.45) is 4.48. The van der Waals surface area contributed by atoms with Crippen LogP contribution >= 0.6 is 0 Å². The zero-order chi connectivity index (χ0) is 22.3. The van der Waals surface area contributed by atoms with Crippen molar-refractivity contribution in [3.05, 3.63) is 29.8 Å². The predicted octanol–water partition coefficient (Wildman–Crippen LogP) is 4.07. The molecule has 1 aromatic rings. The molecule has 3 aliphatic rings. The smallest absolute Gasteiger partial charge is 0.272 e. The summed E-state index contributed by atoms with van der Waals surface area (Å²) in [4.78, 5) is 12.9. The van der Waals surface area contributed by atoms with Gasteiger partial charge >= 0.3 is 6.18 Å². The Morgan fingerprint density at radius 2 is 1.61 bits per heavy atom. The first-order chi connectivity index (χ1) is 14.6. The zero-order valence-electron chi connectivity index (χ0n) is 17.1. The number of carbonyl (C=O) groups excluding carboxylic acids is 1. The van der Waals surface area contributed by atoms with Crippen molar-refractivity contribution in [2.45, 2.75) is 80.9 Å². The van der Waals surface area contributed by atoms with Gasteiger partial charge in [0, 0.05) is 12.3 Å². The van der Waals surface area contributed by atoms with Gasteiger partial charge in [0.1, 0.15) is 0 Å². The molecule has 4 rings (SSSR count). The Bertz CT molecular complexity index is 946. The predicted molar refractivity (Wildman–Crippen MR) is 109 cm³/mol. The van der Waals surface area contributed by atoms with Crippen LogP contribution in [0.2, 0.25) is 0 Å². The number of benzene rings is 1. The van der Waals surface area contributed by atoms with Crippen molar-refractivity contribution in [3.8, 4) is 0 Å². The van der Waals surface area contributed by atoms with E-state index in [0.29, 0.717) is 25.7 Å². The Morgan fingerprint density at radius 1 is 1.00 bits per heavy atom. The number of alkyl halides is 3. The number of hydrogen-bond acceptors (Lipinski definition) is 4. The molecular formula is C21H26F3N3O3S. The van der Waals surface area contributed by atoms with E-state index in [0.717, 1.165) is 49.9 Å². The van der Waals surface area contributed by atoms with Crippen molar-refractivity contribution in [1.29, 1.82) is 0 Å². The van der Waals surface area contributed by atoms with Crippen LogP contribution in [0.25, 0.3) is 0 Å². The zero-order valence-corrected chi connectivity index (χ0v) is 17.9. The van der Waals surface area contributed by atoms with Crippen molar-refractivity contribution in [1.82, 2.24) is 9.73 Å². The van der Waals surface area contributed by atoms with E-state index in [1.165, 1.54) is 6.42 Å². The van der Waals surface area contributed by atoms with E-state index in [1.54, 1.807) is 11.2 Å². The molecule has 31 heavy (non-hydrogen) atoms. The molecule has 0 aromatic heterocycles. The van der Waals surface area contributed by atoms with E-state index < -0.39 is 27.2 Å². The number of rotatable bonds is 4. The lowest BCUT2D eigenvalue weighted by atomic mass is 9.73. The lowest BCUT2D eigenvalue weighted by molar-refractivity contribution is -0.140. The average Bonchev–Trinajstić information content (AvgIpc) is 3.06. The van der Waals surface area contributed by atoms with Crippen LogP contribution in [0.4, 0.5) is 13.2 Å². The second-order valence-corrected chi connectivity index (χ2v) is 10.5. The van der Waals surface area contributed by atoms with E-state index in [2.05, 4.69) is 9.82 Å². The van der Waals surface area contributed by atoms with Gasteiger partial charge in [-0.15, -0.1) is 0 Å². The van der Waals surface area contributed by atoms with E-state index in [1.807, 2.05) is 0 Å². The van der Waals surface area contributed by atoms with Gasteiger partial charge in [-0.25, -0.2) is 18.1 Å². The number of nitrogens with one attached hydrogen (secondary N) is 1. The van der Waals surface area contributed by atoms with E-state index in [4.69, 9.17) is 0 Å². The number of amides is 1. The molecule has 170 valence electrons. The van der Waals surface area contributed by atoms with Gasteiger partial charge in [0.15, 0.2) is 0 Å². The highest BCUT2D eigenvalue weighted by molar-refractivity contribution is 7.89. The Hall–Kier alpha value is -1.94. The normalized spacial score (nSPS) is 27.9. The minimum Gasteiger partial charge on any atom is -0.272 e. The summed E-state index contributed by atoms with van der Waals surface area (Å²) in [6, 6.07) is 3.24. The second kappa shape index (κ2) is 8.20. The topological polar surface area (TPSA) is 78.8 Å². The van der Waals surface area contributed by atoms with Crippen molar-refractivity contribution in [2.75, 3.05) is 0 Å². The second-order valence-electron chi connectivity index (χ2n) is 8.76. The van der Waals surface area contributed by atoms with Crippen molar-refractivity contribution < 1.29 is 26.4 Å². The third kappa shape index (κ3) is 4.50. The van der Waals surface area contributed by atoms with Gasteiger partial charge in [0.05, 0.1) is 21.9 Å². The molecular weight excluding hydrogens is 431 g/mol. The molecule has 1 N–H and O–H groups in total. The van der Waals surface area contributed by atoms with Crippen molar-refractivity contribution in [3.63, 3.8) is 0 Å². The van der Waals surface area contributed by atoms with Crippen LogP contribution in [0.3, 0.4) is 0 Å². The molecule has 1 heterocycles. The lowest BCUT2D eigenvalue weighted by Crippen LogP contribution is -2.47. The average molecular weight is 458 g/mol. The van der Waals surface area contributed by atoms with Gasteiger partial charge in [0.25, 0.3) is 5.91 Å². The van der Waals surface area contributed by atoms with Crippen LogP contribution in [0.15, 0.2) is 34.3 Å². The maximum Gasteiger partial charge on any atom is 0.416 e. The highest BCUT2D eigenvalue weighted by atomic mass is 32.2. The molecule has 0 atom stereocenters. The van der Waals surface area contributed by atoms with Gasteiger partial charge < -0.3 is 0 Å². The first-order valence-electron chi connectivity index (χ1n) is 10.7. The molecule has 1 aliphatic heterocycles. The Morgan fingerprint density at radius 3 is 2.19 bits per heavy atom. The van der Waals surface area contributed by atoms with Gasteiger partial charge in [-0.1, -0.05) is 19.3 Å². The maximum atomic E-state index is 13.1. The van der Waals surface area contributed by atoms with Gasteiger partial charge in [-0.05, 0) is 62.8 Å². The molecule has 2 aliphatic carbocycles. The molecule has 1 aromatic carbocycles. The summed E-state index contributed by atoms with van der Waals surface area (Å²) < 4.78 is 65.9. The van der Waals surface area contributed by atoms with Crippen LogP contribution < -0.4 is 4.72 Å². The molecule has 2 fully saturated rings. The van der Waals surface area contributed by atoms with Crippen LogP contribution in [0.1, 0.15) is 63.4 Å². The summed E-state index contributed by atoms with van der Waals surface area (Å²) in [7, 11) is -3.95. The molecule has 1 spiro atoms. The largest absolute Gasteiger partial charge is 0.416 e. The van der Waals surface area contributed by atoms with Crippen LogP contribution in [-0.2, 0) is 21.0 Å². The minimum atomic E-state index is -4.52. The third-order valence-corrected chi connectivity index (χ3v) is 8.21. The molecule has 0 unspecified atom stereocenters. The Kier molecular flexibility index (Phi) is 5.89. The number of hydrazone groups is 1. The van der Waals surface area contributed by atoms with Crippen LogP contribution in [-0.4, -0.2) is 37.6 Å². The first kappa shape index (κ1) is 22.3. The Balaban J connectivity index is 1.37. The quantitative estimate of drug-likeness (QED) is 0.740. The first-order valence-corrected chi connectivity index (χ1v) is 12.2. The third-order valence-electron chi connectivity index (χ3n) is 6.68. The highest BCUT2D eigenvalue weighted by Gasteiger charge is 2.48. The minimum absolute atomic E-state index is 0.0171. The molecule has 10 heteroatoms. The number of carbonyl (C=O) groups is 1. The number of halogens is 3. The summed E-state index contributed by atoms with van der Waals surface area (Å²) in [6.45, 7) is 0. The summed E-state index contributed by atoms with van der Waals surface area (Å²) in [5, 5.41) is 6.07. The van der Waals surface area contributed by atoms with Crippen LogP contribution in [0, 0.1) is 5.41 Å². The summed E-state index contributed by atoms with van der Waals surface area (Å²) in [5.74, 6) is 0.0171. The summed E-state index contributed by atoms with van der Waals surface area (Å²) >= 11 is 0. The van der Waals surface area contributed by atoms with E-state index >= 15 is 0 Å². The standard InChI is InChI=1S/C21H26F3N3O3S/c22-21(23,24)15-6-8-18(9-7-15)31(29,30)26-16-10-12-20(13-11-16)14-25-27(19(20)28)17-4-2-1-3-5-17/h6-9,14,16-17,26H,1-5,10-13H2. The maximum absolute atomic E-state index is 13.1.